The molecule has 0 spiro atoms. The lowest BCUT2D eigenvalue weighted by molar-refractivity contribution is -0.117. The molecule has 1 saturated heterocycles. The molecular formula is C13H21N3OS. The summed E-state index contributed by atoms with van der Waals surface area (Å²) in [6.07, 6.45) is 2.92. The molecule has 100 valence electrons. The molecule has 1 aromatic heterocycles. The van der Waals surface area contributed by atoms with E-state index in [9.17, 15) is 4.79 Å². The van der Waals surface area contributed by atoms with Gasteiger partial charge in [0.05, 0.1) is 5.69 Å². The van der Waals surface area contributed by atoms with E-state index >= 15 is 0 Å². The van der Waals surface area contributed by atoms with Crippen LogP contribution in [0, 0.1) is 5.92 Å². The topological polar surface area (TPSA) is 54.0 Å². The number of carbonyl (C=O) groups excluding carboxylic acids is 1. The summed E-state index contributed by atoms with van der Waals surface area (Å²) in [6, 6.07) is 0. The highest BCUT2D eigenvalue weighted by Crippen LogP contribution is 2.22. The molecule has 2 rings (SSSR count). The molecule has 0 aromatic carbocycles. The van der Waals surface area contributed by atoms with Crippen molar-refractivity contribution in [2.24, 2.45) is 5.92 Å². The summed E-state index contributed by atoms with van der Waals surface area (Å²) in [4.78, 5) is 16.3. The molecule has 18 heavy (non-hydrogen) atoms. The molecule has 5 heteroatoms. The van der Waals surface area contributed by atoms with Crippen LogP contribution in [0.5, 0.6) is 0 Å². The second kappa shape index (κ2) is 6.29. The zero-order chi connectivity index (χ0) is 13.0. The molecule has 1 amide bonds. The van der Waals surface area contributed by atoms with Crippen molar-refractivity contribution in [3.05, 3.63) is 11.1 Å². The Balaban J connectivity index is 1.82. The van der Waals surface area contributed by atoms with Crippen molar-refractivity contribution < 1.29 is 4.79 Å². The maximum absolute atomic E-state index is 11.9. The first-order valence-electron chi connectivity index (χ1n) is 6.61. The van der Waals surface area contributed by atoms with E-state index in [2.05, 4.69) is 29.5 Å². The number of thiazole rings is 1. The van der Waals surface area contributed by atoms with Gasteiger partial charge < -0.3 is 10.6 Å². The van der Waals surface area contributed by atoms with Gasteiger partial charge in [-0.3, -0.25) is 4.79 Å². The number of aromatic nitrogens is 1. The number of carbonyl (C=O) groups is 1. The summed E-state index contributed by atoms with van der Waals surface area (Å²) in [6.45, 7) is 6.26. The van der Waals surface area contributed by atoms with Gasteiger partial charge >= 0.3 is 0 Å². The normalized spacial score (nSPS) is 20.1. The first-order valence-corrected chi connectivity index (χ1v) is 7.49. The number of hydrogen-bond donors (Lipinski definition) is 2. The zero-order valence-corrected chi connectivity index (χ0v) is 11.8. The van der Waals surface area contributed by atoms with Gasteiger partial charge in [0.15, 0.2) is 5.13 Å². The van der Waals surface area contributed by atoms with Gasteiger partial charge in [-0.15, -0.1) is 11.3 Å². The third kappa shape index (κ3) is 3.78. The molecule has 1 atom stereocenters. The van der Waals surface area contributed by atoms with E-state index in [0.717, 1.165) is 30.3 Å². The summed E-state index contributed by atoms with van der Waals surface area (Å²) < 4.78 is 0. The zero-order valence-electron chi connectivity index (χ0n) is 11.0. The quantitative estimate of drug-likeness (QED) is 0.881. The van der Waals surface area contributed by atoms with Gasteiger partial charge in [0.1, 0.15) is 0 Å². The molecule has 4 nitrogen and oxygen atoms in total. The van der Waals surface area contributed by atoms with Crippen molar-refractivity contribution in [1.29, 1.82) is 0 Å². The maximum atomic E-state index is 11.9. The van der Waals surface area contributed by atoms with E-state index in [1.165, 1.54) is 17.8 Å². The first-order chi connectivity index (χ1) is 8.65. The molecule has 2 heterocycles. The van der Waals surface area contributed by atoms with Gasteiger partial charge in [0.25, 0.3) is 0 Å². The minimum Gasteiger partial charge on any atom is -0.316 e. The summed E-state index contributed by atoms with van der Waals surface area (Å²) >= 11 is 1.51. The van der Waals surface area contributed by atoms with E-state index < -0.39 is 0 Å². The smallest absolute Gasteiger partial charge is 0.226 e. The predicted molar refractivity (Wildman–Crippen MR) is 75.0 cm³/mol. The van der Waals surface area contributed by atoms with Crippen LogP contribution >= 0.6 is 11.3 Å². The van der Waals surface area contributed by atoms with Crippen molar-refractivity contribution in [2.45, 2.75) is 39.0 Å². The summed E-state index contributed by atoms with van der Waals surface area (Å²) in [5, 5.41) is 8.98. The van der Waals surface area contributed by atoms with E-state index in [1.807, 2.05) is 5.38 Å². The molecule has 0 bridgehead atoms. The highest BCUT2D eigenvalue weighted by atomic mass is 32.1. The van der Waals surface area contributed by atoms with E-state index in [4.69, 9.17) is 0 Å². The Kier molecular flexibility index (Phi) is 4.72. The van der Waals surface area contributed by atoms with Gasteiger partial charge in [-0.1, -0.05) is 13.8 Å². The Morgan fingerprint density at radius 2 is 2.50 bits per heavy atom. The Hall–Kier alpha value is -0.940. The minimum absolute atomic E-state index is 0.0911. The lowest BCUT2D eigenvalue weighted by Gasteiger charge is -2.21. The summed E-state index contributed by atoms with van der Waals surface area (Å²) in [5.74, 6) is 0.978. The monoisotopic (exact) mass is 267 g/mol. The van der Waals surface area contributed by atoms with Crippen LogP contribution in [0.15, 0.2) is 5.38 Å². The van der Waals surface area contributed by atoms with Gasteiger partial charge in [-0.25, -0.2) is 4.98 Å². The van der Waals surface area contributed by atoms with Crippen LogP contribution in [0.4, 0.5) is 5.13 Å². The third-order valence-electron chi connectivity index (χ3n) is 3.23. The molecule has 1 aliphatic heterocycles. The van der Waals surface area contributed by atoms with E-state index in [-0.39, 0.29) is 5.91 Å². The number of anilines is 1. The number of nitrogens with one attached hydrogen (secondary N) is 2. The second-order valence-corrected chi connectivity index (χ2v) is 6.06. The average Bonchev–Trinajstić information content (AvgIpc) is 2.78. The fourth-order valence-electron chi connectivity index (χ4n) is 2.14. The summed E-state index contributed by atoms with van der Waals surface area (Å²) in [7, 11) is 0. The van der Waals surface area contributed by atoms with Crippen LogP contribution < -0.4 is 10.6 Å². The molecule has 0 aliphatic carbocycles. The SMILES string of the molecule is CC(C)c1csc(NC(=O)CC2CCCNC2)n1. The number of rotatable bonds is 4. The summed E-state index contributed by atoms with van der Waals surface area (Å²) in [5.41, 5.74) is 1.05. The predicted octanol–water partition coefficient (Wildman–Crippen LogP) is 2.59. The van der Waals surface area contributed by atoms with E-state index in [1.54, 1.807) is 0 Å². The largest absolute Gasteiger partial charge is 0.316 e. The van der Waals surface area contributed by atoms with Gasteiger partial charge in [0.2, 0.25) is 5.91 Å². The molecule has 0 radical (unpaired) electrons. The Bertz CT molecular complexity index is 397. The van der Waals surface area contributed by atoms with E-state index in [0.29, 0.717) is 18.3 Å². The lowest BCUT2D eigenvalue weighted by atomic mass is 9.96. The highest BCUT2D eigenvalue weighted by Gasteiger charge is 2.17. The minimum atomic E-state index is 0.0911. The van der Waals surface area contributed by atoms with Crippen molar-refractivity contribution in [1.82, 2.24) is 10.3 Å². The average molecular weight is 267 g/mol. The molecule has 2 N–H and O–H groups in total. The highest BCUT2D eigenvalue weighted by molar-refractivity contribution is 7.13. The molecule has 0 saturated carbocycles. The third-order valence-corrected chi connectivity index (χ3v) is 4.01. The Morgan fingerprint density at radius 3 is 3.11 bits per heavy atom. The number of piperidine rings is 1. The fourth-order valence-corrected chi connectivity index (χ4v) is 3.03. The second-order valence-electron chi connectivity index (χ2n) is 5.20. The van der Waals surface area contributed by atoms with Crippen molar-refractivity contribution in [3.8, 4) is 0 Å². The standard InChI is InChI=1S/C13H21N3OS/c1-9(2)11-8-18-13(15-11)16-12(17)6-10-4-3-5-14-7-10/h8-10,14H,3-7H2,1-2H3,(H,15,16,17). The van der Waals surface area contributed by atoms with Crippen LogP contribution in [-0.4, -0.2) is 24.0 Å². The molecule has 1 aliphatic rings. The van der Waals surface area contributed by atoms with Crippen LogP contribution in [0.1, 0.15) is 44.7 Å². The Labute approximate surface area is 112 Å². The van der Waals surface area contributed by atoms with Crippen LogP contribution in [0.3, 0.4) is 0 Å². The van der Waals surface area contributed by atoms with Crippen LogP contribution in [-0.2, 0) is 4.79 Å². The molecular weight excluding hydrogens is 246 g/mol. The first kappa shape index (κ1) is 13.5. The van der Waals surface area contributed by atoms with Crippen molar-refractivity contribution >= 4 is 22.4 Å². The number of hydrogen-bond acceptors (Lipinski definition) is 4. The van der Waals surface area contributed by atoms with Gasteiger partial charge in [-0.05, 0) is 37.8 Å². The van der Waals surface area contributed by atoms with Crippen molar-refractivity contribution in [3.63, 3.8) is 0 Å². The van der Waals surface area contributed by atoms with Crippen LogP contribution in [0.2, 0.25) is 0 Å². The molecule has 1 aromatic rings. The lowest BCUT2D eigenvalue weighted by Crippen LogP contribution is -2.32. The fraction of sp³-hybridized carbons (Fsp3) is 0.692. The Morgan fingerprint density at radius 1 is 1.67 bits per heavy atom. The molecule has 1 unspecified atom stereocenters. The van der Waals surface area contributed by atoms with Gasteiger partial charge in [0, 0.05) is 11.8 Å². The van der Waals surface area contributed by atoms with Crippen LogP contribution in [0.25, 0.3) is 0 Å². The maximum Gasteiger partial charge on any atom is 0.226 e. The number of amides is 1. The van der Waals surface area contributed by atoms with Gasteiger partial charge in [-0.2, -0.15) is 0 Å². The number of nitrogens with zero attached hydrogens (tertiary/aromatic N) is 1. The molecule has 1 fully saturated rings. The van der Waals surface area contributed by atoms with Crippen molar-refractivity contribution in [2.75, 3.05) is 18.4 Å².